The van der Waals surface area contributed by atoms with E-state index in [1.54, 1.807) is 62.5 Å². The fourth-order valence-corrected chi connectivity index (χ4v) is 3.13. The Bertz CT molecular complexity index is 914. The molecule has 0 bridgehead atoms. The Morgan fingerprint density at radius 3 is 2.39 bits per heavy atom. The monoisotopic (exact) mass is 447 g/mol. The van der Waals surface area contributed by atoms with Gasteiger partial charge in [0.05, 0.1) is 17.0 Å². The van der Waals surface area contributed by atoms with Gasteiger partial charge in [-0.1, -0.05) is 32.0 Å². The summed E-state index contributed by atoms with van der Waals surface area (Å²) in [5.41, 5.74) is 4.69. The molecule has 1 heterocycles. The number of benzene rings is 1. The van der Waals surface area contributed by atoms with E-state index in [2.05, 4.69) is 16.2 Å². The van der Waals surface area contributed by atoms with Gasteiger partial charge in [0, 0.05) is 0 Å². The van der Waals surface area contributed by atoms with E-state index in [9.17, 15) is 19.2 Å². The summed E-state index contributed by atoms with van der Waals surface area (Å²) in [7, 11) is 0. The van der Waals surface area contributed by atoms with Crippen molar-refractivity contribution in [1.82, 2.24) is 16.2 Å². The molecule has 0 aliphatic heterocycles. The zero-order chi connectivity index (χ0) is 22.8. The van der Waals surface area contributed by atoms with Crippen molar-refractivity contribution in [3.8, 4) is 5.75 Å². The molecule has 0 radical (unpaired) electrons. The van der Waals surface area contributed by atoms with Crippen LogP contribution in [0.3, 0.4) is 0 Å². The van der Waals surface area contributed by atoms with Crippen LogP contribution < -0.4 is 20.9 Å². The second-order valence-corrected chi connectivity index (χ2v) is 7.66. The lowest BCUT2D eigenvalue weighted by atomic mass is 10.0. The number of esters is 1. The maximum Gasteiger partial charge on any atom is 0.329 e. The molecule has 1 aromatic heterocycles. The molecule has 31 heavy (non-hydrogen) atoms. The number of rotatable bonds is 9. The number of amides is 3. The van der Waals surface area contributed by atoms with E-state index >= 15 is 0 Å². The lowest BCUT2D eigenvalue weighted by molar-refractivity contribution is -0.151. The predicted octanol–water partition coefficient (Wildman–Crippen LogP) is 1.91. The molecule has 0 fully saturated rings. The van der Waals surface area contributed by atoms with Crippen LogP contribution in [-0.4, -0.2) is 42.9 Å². The number of para-hydroxylation sites is 1. The topological polar surface area (TPSA) is 123 Å². The van der Waals surface area contributed by atoms with Gasteiger partial charge < -0.3 is 14.8 Å². The highest BCUT2D eigenvalue weighted by Gasteiger charge is 2.27. The van der Waals surface area contributed by atoms with Crippen LogP contribution in [0, 0.1) is 5.92 Å². The third-order valence-corrected chi connectivity index (χ3v) is 4.91. The maximum absolute atomic E-state index is 12.7. The molecule has 1 aromatic carbocycles. The van der Waals surface area contributed by atoms with Crippen LogP contribution in [0.15, 0.2) is 41.8 Å². The molecule has 0 aliphatic rings. The van der Waals surface area contributed by atoms with Crippen LogP contribution in [0.4, 0.5) is 0 Å². The molecule has 166 valence electrons. The van der Waals surface area contributed by atoms with Gasteiger partial charge in [-0.15, -0.1) is 11.3 Å². The molecule has 3 amide bonds. The molecule has 9 nitrogen and oxygen atoms in total. The Labute approximate surface area is 184 Å². The van der Waals surface area contributed by atoms with Gasteiger partial charge in [-0.05, 0) is 36.4 Å². The fourth-order valence-electron chi connectivity index (χ4n) is 2.51. The molecule has 0 spiro atoms. The quantitative estimate of drug-likeness (QED) is 0.399. The predicted molar refractivity (Wildman–Crippen MR) is 115 cm³/mol. The first-order valence-electron chi connectivity index (χ1n) is 9.65. The number of hydrazine groups is 1. The Kier molecular flexibility index (Phi) is 9.01. The fraction of sp³-hybridized carbons (Fsp3) is 0.333. The Morgan fingerprint density at radius 1 is 1.00 bits per heavy atom. The van der Waals surface area contributed by atoms with Crippen LogP contribution in [0.25, 0.3) is 0 Å². The summed E-state index contributed by atoms with van der Waals surface area (Å²) in [5.74, 6) is -2.34. The minimum atomic E-state index is -0.976. The molecule has 0 unspecified atom stereocenters. The highest BCUT2D eigenvalue weighted by Crippen LogP contribution is 2.18. The van der Waals surface area contributed by atoms with Crippen LogP contribution in [-0.2, 0) is 14.3 Å². The first kappa shape index (κ1) is 23.9. The summed E-state index contributed by atoms with van der Waals surface area (Å²) in [5, 5.41) is 4.36. The van der Waals surface area contributed by atoms with Crippen LogP contribution in [0.1, 0.15) is 40.8 Å². The molecule has 2 rings (SSSR count). The van der Waals surface area contributed by atoms with Crippen molar-refractivity contribution in [2.45, 2.75) is 26.8 Å². The number of carbonyl (C=O) groups is 4. The molecule has 0 saturated carbocycles. The smallest absolute Gasteiger partial charge is 0.329 e. The van der Waals surface area contributed by atoms with E-state index in [0.29, 0.717) is 17.2 Å². The van der Waals surface area contributed by atoms with Crippen molar-refractivity contribution in [3.05, 3.63) is 52.2 Å². The normalized spacial score (nSPS) is 11.4. The summed E-state index contributed by atoms with van der Waals surface area (Å²) in [6.45, 7) is 5.05. The van der Waals surface area contributed by atoms with Crippen molar-refractivity contribution in [3.63, 3.8) is 0 Å². The average molecular weight is 448 g/mol. The minimum absolute atomic E-state index is 0.289. The van der Waals surface area contributed by atoms with Gasteiger partial charge in [-0.3, -0.25) is 25.2 Å². The number of thiophene rings is 1. The van der Waals surface area contributed by atoms with Gasteiger partial charge in [-0.2, -0.15) is 0 Å². The van der Waals surface area contributed by atoms with Crippen molar-refractivity contribution >= 4 is 35.0 Å². The molecular formula is C21H25N3O6S. The average Bonchev–Trinajstić information content (AvgIpc) is 3.29. The van der Waals surface area contributed by atoms with E-state index in [0.717, 1.165) is 0 Å². The number of carbonyl (C=O) groups excluding carboxylic acids is 4. The summed E-state index contributed by atoms with van der Waals surface area (Å²) >= 11 is 1.22. The lowest BCUT2D eigenvalue weighted by Crippen LogP contribution is -2.47. The second kappa shape index (κ2) is 11.7. The summed E-state index contributed by atoms with van der Waals surface area (Å²) in [6.07, 6.45) is 0. The molecule has 3 N–H and O–H groups in total. The lowest BCUT2D eigenvalue weighted by Gasteiger charge is -2.21. The van der Waals surface area contributed by atoms with E-state index in [1.807, 2.05) is 0 Å². The zero-order valence-electron chi connectivity index (χ0n) is 17.5. The number of ether oxygens (including phenoxy) is 2. The Balaban J connectivity index is 1.89. The Morgan fingerprint density at radius 2 is 1.74 bits per heavy atom. The van der Waals surface area contributed by atoms with Crippen molar-refractivity contribution in [2.24, 2.45) is 5.92 Å². The highest BCUT2D eigenvalue weighted by atomic mass is 32.1. The van der Waals surface area contributed by atoms with Crippen LogP contribution >= 0.6 is 11.3 Å². The minimum Gasteiger partial charge on any atom is -0.493 e. The summed E-state index contributed by atoms with van der Waals surface area (Å²) < 4.78 is 10.5. The number of hydrogen-bond acceptors (Lipinski definition) is 7. The summed E-state index contributed by atoms with van der Waals surface area (Å²) in [6, 6.07) is 9.02. The van der Waals surface area contributed by atoms with Gasteiger partial charge in [0.2, 0.25) is 0 Å². The second-order valence-electron chi connectivity index (χ2n) is 6.71. The van der Waals surface area contributed by atoms with Crippen molar-refractivity contribution in [1.29, 1.82) is 0 Å². The van der Waals surface area contributed by atoms with E-state index in [4.69, 9.17) is 9.47 Å². The standard InChI is InChI=1S/C21H25N3O6S/c1-4-29-15-9-6-5-8-14(15)19(26)22-18(13(2)3)21(28)30-12-17(25)23-24-20(27)16-10-7-11-31-16/h5-11,13,18H,4,12H2,1-3H3,(H,22,26)(H,23,25)(H,24,27)/t18-/m1/s1. The molecule has 2 aromatic rings. The first-order valence-corrected chi connectivity index (χ1v) is 10.5. The van der Waals surface area contributed by atoms with E-state index < -0.39 is 36.3 Å². The molecule has 0 saturated heterocycles. The van der Waals surface area contributed by atoms with Gasteiger partial charge >= 0.3 is 5.97 Å². The molecule has 0 aliphatic carbocycles. The third-order valence-electron chi connectivity index (χ3n) is 4.04. The highest BCUT2D eigenvalue weighted by molar-refractivity contribution is 7.12. The van der Waals surface area contributed by atoms with Crippen LogP contribution in [0.2, 0.25) is 0 Å². The van der Waals surface area contributed by atoms with Crippen LogP contribution in [0.5, 0.6) is 5.75 Å². The first-order chi connectivity index (χ1) is 14.8. The van der Waals surface area contributed by atoms with Crippen molar-refractivity contribution in [2.75, 3.05) is 13.2 Å². The molecule has 1 atom stereocenters. The Hall–Kier alpha value is -3.40. The molecular weight excluding hydrogens is 422 g/mol. The van der Waals surface area contributed by atoms with Gasteiger partial charge in [-0.25, -0.2) is 4.79 Å². The SMILES string of the molecule is CCOc1ccccc1C(=O)N[C@@H](C(=O)OCC(=O)NNC(=O)c1cccs1)C(C)C. The zero-order valence-corrected chi connectivity index (χ0v) is 18.3. The maximum atomic E-state index is 12.7. The number of hydrogen-bond donors (Lipinski definition) is 3. The van der Waals surface area contributed by atoms with Crippen molar-refractivity contribution < 1.29 is 28.7 Å². The third kappa shape index (κ3) is 7.10. The van der Waals surface area contributed by atoms with Gasteiger partial charge in [0.25, 0.3) is 17.7 Å². The van der Waals surface area contributed by atoms with E-state index in [1.165, 1.54) is 11.3 Å². The molecule has 10 heteroatoms. The summed E-state index contributed by atoms with van der Waals surface area (Å²) in [4.78, 5) is 49.2. The van der Waals surface area contributed by atoms with E-state index in [-0.39, 0.29) is 11.5 Å². The largest absolute Gasteiger partial charge is 0.493 e. The van der Waals surface area contributed by atoms with Gasteiger partial charge in [0.1, 0.15) is 11.8 Å². The number of nitrogens with one attached hydrogen (secondary N) is 3. The van der Waals surface area contributed by atoms with Gasteiger partial charge in [0.15, 0.2) is 6.61 Å².